The second-order valence-electron chi connectivity index (χ2n) is 5.28. The molecule has 2 aromatic carbocycles. The largest absolute Gasteiger partial charge is 0.480 e. The highest BCUT2D eigenvalue weighted by Crippen LogP contribution is 2.35. The topological polar surface area (TPSA) is 66.8 Å². The fourth-order valence-corrected chi connectivity index (χ4v) is 2.47. The number of carbonyl (C=O) groups is 2. The summed E-state index contributed by atoms with van der Waals surface area (Å²) in [5.41, 5.74) is 2.34. The van der Waals surface area contributed by atoms with Gasteiger partial charge in [-0.15, -0.1) is 0 Å². The van der Waals surface area contributed by atoms with Gasteiger partial charge in [0.2, 0.25) is 0 Å². The van der Waals surface area contributed by atoms with E-state index in [2.05, 4.69) is 0 Å². The Morgan fingerprint density at radius 2 is 2.00 bits per heavy atom. The van der Waals surface area contributed by atoms with Gasteiger partial charge in [-0.05, 0) is 30.7 Å². The number of benzene rings is 2. The van der Waals surface area contributed by atoms with Crippen molar-refractivity contribution >= 4 is 23.6 Å². The van der Waals surface area contributed by atoms with E-state index in [9.17, 15) is 9.59 Å². The van der Waals surface area contributed by atoms with E-state index in [1.807, 2.05) is 31.2 Å². The summed E-state index contributed by atoms with van der Waals surface area (Å²) in [4.78, 5) is 24.9. The zero-order valence-corrected chi connectivity index (χ0v) is 12.5. The summed E-state index contributed by atoms with van der Waals surface area (Å²) in [5.74, 6) is -0.972. The monoisotopic (exact) mass is 309 g/mol. The molecule has 3 rings (SSSR count). The first-order chi connectivity index (χ1) is 11.0. The van der Waals surface area contributed by atoms with E-state index in [0.29, 0.717) is 11.4 Å². The fourth-order valence-electron chi connectivity index (χ4n) is 2.47. The number of ether oxygens (including phenoxy) is 1. The molecule has 0 saturated carbocycles. The normalized spacial score (nSPS) is 15.3. The molecule has 0 fully saturated rings. The smallest absolute Gasteiger partial charge is 0.323 e. The minimum atomic E-state index is -1.08. The van der Waals surface area contributed by atoms with Gasteiger partial charge in [0.25, 0.3) is 5.91 Å². The Morgan fingerprint density at radius 3 is 2.74 bits per heavy atom. The third-order valence-corrected chi connectivity index (χ3v) is 3.47. The maximum Gasteiger partial charge on any atom is 0.323 e. The molecule has 1 aliphatic rings. The van der Waals surface area contributed by atoms with Crippen LogP contribution in [-0.4, -0.2) is 23.5 Å². The molecule has 0 bridgehead atoms. The van der Waals surface area contributed by atoms with Gasteiger partial charge in [0.15, 0.2) is 11.5 Å². The highest BCUT2D eigenvalue weighted by molar-refractivity contribution is 6.11. The van der Waals surface area contributed by atoms with Crippen LogP contribution in [0, 0.1) is 6.92 Å². The number of amides is 1. The van der Waals surface area contributed by atoms with Crippen LogP contribution in [0.15, 0.2) is 54.3 Å². The zero-order valence-electron chi connectivity index (χ0n) is 12.5. The number of hydrogen-bond acceptors (Lipinski definition) is 3. The van der Waals surface area contributed by atoms with Crippen molar-refractivity contribution in [1.82, 2.24) is 0 Å². The lowest BCUT2D eigenvalue weighted by atomic mass is 10.1. The van der Waals surface area contributed by atoms with Crippen molar-refractivity contribution in [1.29, 1.82) is 0 Å². The molecule has 0 atom stereocenters. The molecule has 2 aromatic rings. The van der Waals surface area contributed by atoms with E-state index in [-0.39, 0.29) is 5.76 Å². The number of para-hydroxylation sites is 2. The summed E-state index contributed by atoms with van der Waals surface area (Å²) in [5, 5.41) is 9.07. The zero-order chi connectivity index (χ0) is 16.4. The Kier molecular flexibility index (Phi) is 3.85. The SMILES string of the molecule is Cc1cccc(/C=C2/Oc3ccccc3N(CC(=O)O)C2=O)c1. The van der Waals surface area contributed by atoms with Gasteiger partial charge < -0.3 is 9.84 Å². The molecular formula is C18H15NO4. The average molecular weight is 309 g/mol. The summed E-state index contributed by atoms with van der Waals surface area (Å²) in [6.45, 7) is 1.54. The van der Waals surface area contributed by atoms with Gasteiger partial charge in [-0.2, -0.15) is 0 Å². The maximum atomic E-state index is 12.6. The van der Waals surface area contributed by atoms with Gasteiger partial charge >= 0.3 is 5.97 Å². The highest BCUT2D eigenvalue weighted by atomic mass is 16.5. The molecule has 1 N–H and O–H groups in total. The van der Waals surface area contributed by atoms with Crippen molar-refractivity contribution in [3.8, 4) is 5.75 Å². The third-order valence-electron chi connectivity index (χ3n) is 3.47. The van der Waals surface area contributed by atoms with Crippen LogP contribution in [0.4, 0.5) is 5.69 Å². The molecule has 0 unspecified atom stereocenters. The van der Waals surface area contributed by atoms with Crippen molar-refractivity contribution in [2.24, 2.45) is 0 Å². The molecule has 0 radical (unpaired) electrons. The predicted molar refractivity (Wildman–Crippen MR) is 86.2 cm³/mol. The van der Waals surface area contributed by atoms with Gasteiger partial charge in [-0.1, -0.05) is 42.0 Å². The number of aliphatic carboxylic acids is 1. The molecule has 1 heterocycles. The van der Waals surface area contributed by atoms with Gasteiger partial charge in [0.05, 0.1) is 5.69 Å². The molecule has 23 heavy (non-hydrogen) atoms. The standard InChI is InChI=1S/C18H15NO4/c1-12-5-4-6-13(9-12)10-16-18(22)19(11-17(20)21)14-7-2-3-8-15(14)23-16/h2-10H,11H2,1H3,(H,20,21)/b16-10+. The molecule has 5 nitrogen and oxygen atoms in total. The molecule has 5 heteroatoms. The first-order valence-electron chi connectivity index (χ1n) is 7.13. The van der Waals surface area contributed by atoms with Gasteiger partial charge in [0.1, 0.15) is 6.54 Å². The number of anilines is 1. The minimum absolute atomic E-state index is 0.107. The van der Waals surface area contributed by atoms with Crippen molar-refractivity contribution in [3.63, 3.8) is 0 Å². The molecule has 0 spiro atoms. The Bertz CT molecular complexity index is 810. The van der Waals surface area contributed by atoms with E-state index in [4.69, 9.17) is 9.84 Å². The first kappa shape index (κ1) is 14.8. The molecule has 0 saturated heterocycles. The number of aryl methyl sites for hydroxylation is 1. The fraction of sp³-hybridized carbons (Fsp3) is 0.111. The average Bonchev–Trinajstić information content (AvgIpc) is 2.51. The lowest BCUT2D eigenvalue weighted by Crippen LogP contribution is -2.40. The van der Waals surface area contributed by atoms with Crippen molar-refractivity contribution in [3.05, 3.63) is 65.4 Å². The molecule has 1 aliphatic heterocycles. The molecule has 0 aliphatic carbocycles. The molecule has 116 valence electrons. The molecular weight excluding hydrogens is 294 g/mol. The lowest BCUT2D eigenvalue weighted by molar-refractivity contribution is -0.136. The predicted octanol–water partition coefficient (Wildman–Crippen LogP) is 2.85. The first-order valence-corrected chi connectivity index (χ1v) is 7.13. The van der Waals surface area contributed by atoms with Gasteiger partial charge in [-0.25, -0.2) is 0 Å². The number of fused-ring (bicyclic) bond motifs is 1. The number of hydrogen-bond donors (Lipinski definition) is 1. The van der Waals surface area contributed by atoms with Crippen LogP contribution in [-0.2, 0) is 9.59 Å². The second-order valence-corrected chi connectivity index (χ2v) is 5.28. The Labute approximate surface area is 133 Å². The Balaban J connectivity index is 2.04. The number of carboxylic acid groups (broad SMARTS) is 1. The van der Waals surface area contributed by atoms with Crippen LogP contribution in [0.25, 0.3) is 6.08 Å². The molecule has 0 aromatic heterocycles. The van der Waals surface area contributed by atoms with E-state index < -0.39 is 18.4 Å². The minimum Gasteiger partial charge on any atom is -0.480 e. The summed E-state index contributed by atoms with van der Waals surface area (Å²) >= 11 is 0. The van der Waals surface area contributed by atoms with Crippen LogP contribution >= 0.6 is 0 Å². The van der Waals surface area contributed by atoms with E-state index in [1.54, 1.807) is 30.3 Å². The Hall–Kier alpha value is -3.08. The van der Waals surface area contributed by atoms with Crippen molar-refractivity contribution in [2.45, 2.75) is 6.92 Å². The summed E-state index contributed by atoms with van der Waals surface area (Å²) in [7, 11) is 0. The lowest BCUT2D eigenvalue weighted by Gasteiger charge is -2.29. The summed E-state index contributed by atoms with van der Waals surface area (Å²) < 4.78 is 5.68. The van der Waals surface area contributed by atoms with Crippen LogP contribution in [0.2, 0.25) is 0 Å². The second kappa shape index (κ2) is 5.96. The maximum absolute atomic E-state index is 12.6. The summed E-state index contributed by atoms with van der Waals surface area (Å²) in [6, 6.07) is 14.5. The Morgan fingerprint density at radius 1 is 1.22 bits per heavy atom. The third kappa shape index (κ3) is 3.08. The number of carboxylic acids is 1. The summed E-state index contributed by atoms with van der Waals surface area (Å²) in [6.07, 6.45) is 1.63. The molecule has 1 amide bonds. The quantitative estimate of drug-likeness (QED) is 0.885. The van der Waals surface area contributed by atoms with Crippen LogP contribution in [0.1, 0.15) is 11.1 Å². The van der Waals surface area contributed by atoms with Crippen LogP contribution in [0.3, 0.4) is 0 Å². The van der Waals surface area contributed by atoms with Gasteiger partial charge in [-0.3, -0.25) is 14.5 Å². The van der Waals surface area contributed by atoms with E-state index in [0.717, 1.165) is 11.1 Å². The van der Waals surface area contributed by atoms with Crippen molar-refractivity contribution < 1.29 is 19.4 Å². The van der Waals surface area contributed by atoms with E-state index >= 15 is 0 Å². The highest BCUT2D eigenvalue weighted by Gasteiger charge is 2.31. The number of nitrogens with zero attached hydrogens (tertiary/aromatic N) is 1. The number of rotatable bonds is 3. The van der Waals surface area contributed by atoms with E-state index in [1.165, 1.54) is 4.90 Å². The van der Waals surface area contributed by atoms with Crippen LogP contribution in [0.5, 0.6) is 5.75 Å². The van der Waals surface area contributed by atoms with Crippen molar-refractivity contribution in [2.75, 3.05) is 11.4 Å². The van der Waals surface area contributed by atoms with Gasteiger partial charge in [0, 0.05) is 0 Å². The van der Waals surface area contributed by atoms with Crippen LogP contribution < -0.4 is 9.64 Å². The number of carbonyl (C=O) groups excluding carboxylic acids is 1.